The highest BCUT2D eigenvalue weighted by atomic mass is 16.2. The largest absolute Gasteiger partial charge is 0.345 e. The Morgan fingerprint density at radius 1 is 1.26 bits per heavy atom. The van der Waals surface area contributed by atoms with Crippen molar-refractivity contribution in [3.8, 4) is 0 Å². The first-order chi connectivity index (χ1) is 8.91. The van der Waals surface area contributed by atoms with Gasteiger partial charge in [0.1, 0.15) is 6.04 Å². The third-order valence-electron chi connectivity index (χ3n) is 3.47. The van der Waals surface area contributed by atoms with Crippen LogP contribution >= 0.6 is 0 Å². The first-order valence-corrected chi connectivity index (χ1v) is 6.59. The number of benzene rings is 1. The Hall–Kier alpha value is -1.84. The summed E-state index contributed by atoms with van der Waals surface area (Å²) in [5.74, 6) is -0.0511. The summed E-state index contributed by atoms with van der Waals surface area (Å²) in [6.45, 7) is 7.98. The molecule has 2 rings (SSSR count). The van der Waals surface area contributed by atoms with Crippen LogP contribution in [-0.4, -0.2) is 24.4 Å². The van der Waals surface area contributed by atoms with Gasteiger partial charge in [-0.2, -0.15) is 0 Å². The zero-order valence-corrected chi connectivity index (χ0v) is 11.9. The summed E-state index contributed by atoms with van der Waals surface area (Å²) in [6.07, 6.45) is 0. The van der Waals surface area contributed by atoms with Crippen LogP contribution in [0.3, 0.4) is 0 Å². The summed E-state index contributed by atoms with van der Waals surface area (Å²) in [4.78, 5) is 25.9. The van der Waals surface area contributed by atoms with Crippen molar-refractivity contribution >= 4 is 17.5 Å². The third-order valence-corrected chi connectivity index (χ3v) is 3.47. The topological polar surface area (TPSA) is 49.4 Å². The van der Waals surface area contributed by atoms with E-state index in [0.29, 0.717) is 0 Å². The molecule has 0 bridgehead atoms. The maximum absolute atomic E-state index is 12.2. The minimum atomic E-state index is -0.428. The van der Waals surface area contributed by atoms with Crippen LogP contribution in [0.25, 0.3) is 0 Å². The van der Waals surface area contributed by atoms with Crippen molar-refractivity contribution in [2.75, 3.05) is 11.4 Å². The molecule has 1 saturated heterocycles. The Kier molecular flexibility index (Phi) is 3.60. The van der Waals surface area contributed by atoms with Gasteiger partial charge in [0.15, 0.2) is 0 Å². The van der Waals surface area contributed by atoms with Gasteiger partial charge < -0.3 is 5.32 Å². The molecule has 1 fully saturated rings. The number of aryl methyl sites for hydroxylation is 2. The molecule has 1 heterocycles. The quantitative estimate of drug-likeness (QED) is 0.881. The fourth-order valence-corrected chi connectivity index (χ4v) is 2.59. The lowest BCUT2D eigenvalue weighted by atomic mass is 9.97. The van der Waals surface area contributed by atoms with E-state index >= 15 is 0 Å². The zero-order chi connectivity index (χ0) is 14.2. The Morgan fingerprint density at radius 3 is 2.53 bits per heavy atom. The zero-order valence-electron chi connectivity index (χ0n) is 11.9. The van der Waals surface area contributed by atoms with Gasteiger partial charge in [-0.3, -0.25) is 14.5 Å². The number of rotatable bonds is 2. The van der Waals surface area contributed by atoms with Gasteiger partial charge in [0.25, 0.3) is 0 Å². The summed E-state index contributed by atoms with van der Waals surface area (Å²) in [7, 11) is 0. The van der Waals surface area contributed by atoms with Crippen LogP contribution in [0, 0.1) is 19.8 Å². The molecule has 4 nitrogen and oxygen atoms in total. The highest BCUT2D eigenvalue weighted by Gasteiger charge is 2.37. The van der Waals surface area contributed by atoms with Crippen LogP contribution in [0.1, 0.15) is 25.0 Å². The molecule has 0 aliphatic carbocycles. The normalized spacial score (nSPS) is 19.8. The first-order valence-electron chi connectivity index (χ1n) is 6.59. The molecule has 0 spiro atoms. The van der Waals surface area contributed by atoms with E-state index in [9.17, 15) is 9.59 Å². The molecule has 1 aliphatic heterocycles. The maximum Gasteiger partial charge on any atom is 0.247 e. The van der Waals surface area contributed by atoms with Crippen molar-refractivity contribution in [3.05, 3.63) is 29.3 Å². The highest BCUT2D eigenvalue weighted by Crippen LogP contribution is 2.27. The molecular formula is C15H20N2O2. The molecular weight excluding hydrogens is 240 g/mol. The van der Waals surface area contributed by atoms with E-state index in [1.165, 1.54) is 0 Å². The van der Waals surface area contributed by atoms with Crippen LogP contribution in [0.15, 0.2) is 18.2 Å². The second-order valence-corrected chi connectivity index (χ2v) is 5.46. The van der Waals surface area contributed by atoms with Gasteiger partial charge in [-0.1, -0.05) is 31.5 Å². The molecule has 102 valence electrons. The lowest BCUT2D eigenvalue weighted by Crippen LogP contribution is -2.60. The number of carbonyl (C=O) groups is 2. The molecule has 1 N–H and O–H groups in total. The second-order valence-electron chi connectivity index (χ2n) is 5.46. The lowest BCUT2D eigenvalue weighted by Gasteiger charge is -2.38. The number of hydrogen-bond donors (Lipinski definition) is 1. The van der Waals surface area contributed by atoms with Crippen LogP contribution in [0.2, 0.25) is 0 Å². The van der Waals surface area contributed by atoms with Gasteiger partial charge in [-0.05, 0) is 31.4 Å². The van der Waals surface area contributed by atoms with Crippen molar-refractivity contribution in [2.45, 2.75) is 33.7 Å². The van der Waals surface area contributed by atoms with Crippen LogP contribution in [0.5, 0.6) is 0 Å². The Balaban J connectivity index is 2.48. The fourth-order valence-electron chi connectivity index (χ4n) is 2.59. The fraction of sp³-hybridized carbons (Fsp3) is 0.467. The third kappa shape index (κ3) is 2.48. The molecule has 0 radical (unpaired) electrons. The van der Waals surface area contributed by atoms with E-state index in [2.05, 4.69) is 5.32 Å². The molecule has 1 atom stereocenters. The number of nitrogens with one attached hydrogen (secondary N) is 1. The van der Waals surface area contributed by atoms with Gasteiger partial charge in [-0.15, -0.1) is 0 Å². The molecule has 1 aromatic carbocycles. The van der Waals surface area contributed by atoms with Crippen molar-refractivity contribution in [1.82, 2.24) is 5.32 Å². The first kappa shape index (κ1) is 13.6. The maximum atomic E-state index is 12.2. The van der Waals surface area contributed by atoms with E-state index in [4.69, 9.17) is 0 Å². The minimum Gasteiger partial charge on any atom is -0.345 e. The number of anilines is 1. The number of piperazine rings is 1. The van der Waals surface area contributed by atoms with E-state index in [0.717, 1.165) is 16.8 Å². The van der Waals surface area contributed by atoms with E-state index in [1.807, 2.05) is 45.9 Å². The molecule has 2 amide bonds. The van der Waals surface area contributed by atoms with Crippen LogP contribution in [0.4, 0.5) is 5.69 Å². The Morgan fingerprint density at radius 2 is 1.95 bits per heavy atom. The van der Waals surface area contributed by atoms with Crippen LogP contribution < -0.4 is 10.2 Å². The van der Waals surface area contributed by atoms with Crippen molar-refractivity contribution in [2.24, 2.45) is 5.92 Å². The van der Waals surface area contributed by atoms with E-state index in [-0.39, 0.29) is 24.3 Å². The highest BCUT2D eigenvalue weighted by molar-refractivity contribution is 6.07. The minimum absolute atomic E-state index is 0.0507. The number of carbonyl (C=O) groups excluding carboxylic acids is 2. The molecule has 1 unspecified atom stereocenters. The van der Waals surface area contributed by atoms with E-state index < -0.39 is 6.04 Å². The van der Waals surface area contributed by atoms with Gasteiger partial charge in [-0.25, -0.2) is 0 Å². The van der Waals surface area contributed by atoms with E-state index in [1.54, 1.807) is 4.90 Å². The van der Waals surface area contributed by atoms with Gasteiger partial charge in [0.05, 0.1) is 6.54 Å². The SMILES string of the molecule is Cc1ccc(N2C(=O)CNC(=O)C2C(C)C)c(C)c1. The number of hydrogen-bond acceptors (Lipinski definition) is 2. The van der Waals surface area contributed by atoms with Gasteiger partial charge in [0, 0.05) is 5.69 Å². The molecule has 0 saturated carbocycles. The Bertz CT molecular complexity index is 523. The van der Waals surface area contributed by atoms with Gasteiger partial charge in [0.2, 0.25) is 11.8 Å². The molecule has 4 heteroatoms. The number of amides is 2. The van der Waals surface area contributed by atoms with Crippen molar-refractivity contribution in [3.63, 3.8) is 0 Å². The monoisotopic (exact) mass is 260 g/mol. The summed E-state index contributed by atoms with van der Waals surface area (Å²) < 4.78 is 0. The summed E-state index contributed by atoms with van der Waals surface area (Å²) in [5.41, 5.74) is 3.01. The molecule has 1 aliphatic rings. The molecule has 0 aromatic heterocycles. The summed E-state index contributed by atoms with van der Waals surface area (Å²) >= 11 is 0. The smallest absolute Gasteiger partial charge is 0.247 e. The standard InChI is InChI=1S/C15H20N2O2/c1-9(2)14-15(19)16-8-13(18)17(14)12-6-5-10(3)7-11(12)4/h5-7,9,14H,8H2,1-4H3,(H,16,19). The van der Waals surface area contributed by atoms with Gasteiger partial charge >= 0.3 is 0 Å². The molecule has 1 aromatic rings. The molecule has 19 heavy (non-hydrogen) atoms. The lowest BCUT2D eigenvalue weighted by molar-refractivity contribution is -0.131. The summed E-state index contributed by atoms with van der Waals surface area (Å²) in [6, 6.07) is 5.51. The average Bonchev–Trinajstić information content (AvgIpc) is 2.32. The second kappa shape index (κ2) is 5.03. The predicted molar refractivity (Wildman–Crippen MR) is 75.0 cm³/mol. The predicted octanol–water partition coefficient (Wildman–Crippen LogP) is 1.79. The summed E-state index contributed by atoms with van der Waals surface area (Å²) in [5, 5.41) is 2.66. The Labute approximate surface area is 113 Å². The van der Waals surface area contributed by atoms with Crippen LogP contribution in [-0.2, 0) is 9.59 Å². The average molecular weight is 260 g/mol. The van der Waals surface area contributed by atoms with Crippen molar-refractivity contribution < 1.29 is 9.59 Å². The number of nitrogens with zero attached hydrogens (tertiary/aromatic N) is 1. The van der Waals surface area contributed by atoms with Crippen molar-refractivity contribution in [1.29, 1.82) is 0 Å².